The molecule has 28 heavy (non-hydrogen) atoms. The predicted octanol–water partition coefficient (Wildman–Crippen LogP) is 1.69. The van der Waals surface area contributed by atoms with Crippen molar-refractivity contribution < 1.29 is 31.5 Å². The molecule has 1 atom stereocenters. The smallest absolute Gasteiger partial charge is 0.240 e. The number of nitrogens with zero attached hydrogens (tertiary/aromatic N) is 1. The number of rotatable bonds is 6. The number of carbonyl (C=O) groups excluding carboxylic acids is 1. The fourth-order valence-corrected chi connectivity index (χ4v) is 3.50. The van der Waals surface area contributed by atoms with Gasteiger partial charge in [0.2, 0.25) is 15.9 Å². The summed E-state index contributed by atoms with van der Waals surface area (Å²) in [5.74, 6) is -1.47. The lowest BCUT2D eigenvalue weighted by molar-refractivity contribution is -0.120. The van der Waals surface area contributed by atoms with Crippen LogP contribution in [0, 0.1) is 11.6 Å². The van der Waals surface area contributed by atoms with Gasteiger partial charge in [-0.15, -0.1) is 0 Å². The first-order chi connectivity index (χ1) is 13.2. The highest BCUT2D eigenvalue weighted by Crippen LogP contribution is 2.30. The first-order valence-corrected chi connectivity index (χ1v) is 10.2. The summed E-state index contributed by atoms with van der Waals surface area (Å²) in [6.45, 7) is -0.387. The van der Waals surface area contributed by atoms with Gasteiger partial charge in [-0.2, -0.15) is 0 Å². The van der Waals surface area contributed by atoms with Crippen molar-refractivity contribution in [3.8, 4) is 11.5 Å². The second kappa shape index (κ2) is 8.01. The van der Waals surface area contributed by atoms with Crippen LogP contribution < -0.4 is 19.1 Å². The van der Waals surface area contributed by atoms with Gasteiger partial charge < -0.3 is 14.8 Å². The first-order valence-electron chi connectivity index (χ1n) is 8.32. The number of fused-ring (bicyclic) bond motifs is 1. The van der Waals surface area contributed by atoms with Crippen LogP contribution in [0.2, 0.25) is 0 Å². The topological polar surface area (TPSA) is 84.9 Å². The molecular formula is C18H18F2N2O5S. The molecule has 2 aromatic rings. The summed E-state index contributed by atoms with van der Waals surface area (Å²) in [7, 11) is -3.98. The molecule has 150 valence electrons. The summed E-state index contributed by atoms with van der Waals surface area (Å²) in [6, 6.07) is 9.50. The van der Waals surface area contributed by atoms with Gasteiger partial charge in [-0.05, 0) is 24.3 Å². The Balaban J connectivity index is 1.63. The van der Waals surface area contributed by atoms with Crippen LogP contribution in [0.3, 0.4) is 0 Å². The van der Waals surface area contributed by atoms with Crippen molar-refractivity contribution in [2.45, 2.75) is 6.10 Å². The van der Waals surface area contributed by atoms with Crippen LogP contribution >= 0.6 is 0 Å². The van der Waals surface area contributed by atoms with Gasteiger partial charge in [0, 0.05) is 6.07 Å². The van der Waals surface area contributed by atoms with E-state index >= 15 is 0 Å². The molecule has 3 rings (SSSR count). The first kappa shape index (κ1) is 19.9. The van der Waals surface area contributed by atoms with E-state index in [0.29, 0.717) is 21.9 Å². The number of halogens is 2. The SMILES string of the molecule is CS(=O)(=O)N(CC(=O)NCC1COc2ccccc2O1)c1ccc(F)cc1F. The van der Waals surface area contributed by atoms with E-state index in [-0.39, 0.29) is 13.2 Å². The molecule has 0 radical (unpaired) electrons. The maximum Gasteiger partial charge on any atom is 0.240 e. The van der Waals surface area contributed by atoms with Crippen molar-refractivity contribution in [3.63, 3.8) is 0 Å². The quantitative estimate of drug-likeness (QED) is 0.781. The van der Waals surface area contributed by atoms with Crippen molar-refractivity contribution in [2.75, 3.05) is 30.3 Å². The summed E-state index contributed by atoms with van der Waals surface area (Å²) >= 11 is 0. The van der Waals surface area contributed by atoms with Crippen LogP contribution in [0.15, 0.2) is 42.5 Å². The van der Waals surface area contributed by atoms with E-state index in [0.717, 1.165) is 18.4 Å². The lowest BCUT2D eigenvalue weighted by atomic mass is 10.2. The van der Waals surface area contributed by atoms with E-state index in [2.05, 4.69) is 5.32 Å². The molecule has 0 bridgehead atoms. The van der Waals surface area contributed by atoms with Gasteiger partial charge >= 0.3 is 0 Å². The monoisotopic (exact) mass is 412 g/mol. The van der Waals surface area contributed by atoms with Gasteiger partial charge in [0.05, 0.1) is 18.5 Å². The molecule has 1 unspecified atom stereocenters. The van der Waals surface area contributed by atoms with Crippen molar-refractivity contribution in [1.29, 1.82) is 0 Å². The minimum absolute atomic E-state index is 0.0661. The molecule has 0 fully saturated rings. The summed E-state index contributed by atoms with van der Waals surface area (Å²) in [4.78, 5) is 12.2. The molecule has 1 aliphatic rings. The predicted molar refractivity (Wildman–Crippen MR) is 97.9 cm³/mol. The second-order valence-corrected chi connectivity index (χ2v) is 8.07. The Bertz CT molecular complexity index is 984. The van der Waals surface area contributed by atoms with Crippen molar-refractivity contribution >= 4 is 21.6 Å². The molecule has 0 saturated carbocycles. The Kier molecular flexibility index (Phi) is 5.68. The molecule has 1 amide bonds. The normalized spacial score (nSPS) is 15.8. The number of nitrogens with one attached hydrogen (secondary N) is 1. The van der Waals surface area contributed by atoms with E-state index in [1.807, 2.05) is 0 Å². The maximum atomic E-state index is 14.0. The van der Waals surface area contributed by atoms with E-state index in [4.69, 9.17) is 9.47 Å². The van der Waals surface area contributed by atoms with E-state index in [1.54, 1.807) is 24.3 Å². The van der Waals surface area contributed by atoms with Crippen LogP contribution in [-0.4, -0.2) is 46.4 Å². The standard InChI is InChI=1S/C18H18F2N2O5S/c1-28(24,25)22(15-7-6-12(19)8-14(15)20)10-18(23)21-9-13-11-26-16-4-2-3-5-17(16)27-13/h2-8,13H,9-11H2,1H3,(H,21,23). The molecule has 10 heteroatoms. The maximum absolute atomic E-state index is 14.0. The van der Waals surface area contributed by atoms with Crippen LogP contribution in [0.5, 0.6) is 11.5 Å². The van der Waals surface area contributed by atoms with E-state index in [1.165, 1.54) is 0 Å². The number of carbonyl (C=O) groups is 1. The Hall–Kier alpha value is -2.88. The zero-order valence-electron chi connectivity index (χ0n) is 14.9. The van der Waals surface area contributed by atoms with Crippen LogP contribution in [0.1, 0.15) is 0 Å². The molecule has 1 N–H and O–H groups in total. The minimum Gasteiger partial charge on any atom is -0.486 e. The number of para-hydroxylation sites is 2. The molecule has 0 aromatic heterocycles. The summed E-state index contributed by atoms with van der Waals surface area (Å²) in [5.41, 5.74) is -0.412. The minimum atomic E-state index is -3.98. The zero-order chi connectivity index (χ0) is 20.3. The van der Waals surface area contributed by atoms with Crippen LogP contribution in [-0.2, 0) is 14.8 Å². The zero-order valence-corrected chi connectivity index (χ0v) is 15.7. The fraction of sp³-hybridized carbons (Fsp3) is 0.278. The Morgan fingerprint density at radius 1 is 1.21 bits per heavy atom. The Morgan fingerprint density at radius 2 is 1.93 bits per heavy atom. The number of benzene rings is 2. The van der Waals surface area contributed by atoms with Crippen molar-refractivity contribution in [2.24, 2.45) is 0 Å². The average molecular weight is 412 g/mol. The van der Waals surface area contributed by atoms with Gasteiger partial charge in [-0.1, -0.05) is 12.1 Å². The molecule has 2 aromatic carbocycles. The van der Waals surface area contributed by atoms with Gasteiger partial charge in [0.25, 0.3) is 0 Å². The largest absolute Gasteiger partial charge is 0.486 e. The molecule has 0 aliphatic carbocycles. The number of sulfonamides is 1. The molecule has 1 aliphatic heterocycles. The van der Waals surface area contributed by atoms with Crippen molar-refractivity contribution in [3.05, 3.63) is 54.1 Å². The third-order valence-corrected chi connectivity index (χ3v) is 5.09. The molecule has 1 heterocycles. The highest BCUT2D eigenvalue weighted by Gasteiger charge is 2.25. The van der Waals surface area contributed by atoms with E-state index < -0.39 is 45.9 Å². The lowest BCUT2D eigenvalue weighted by Crippen LogP contribution is -2.45. The van der Waals surface area contributed by atoms with Crippen LogP contribution in [0.4, 0.5) is 14.5 Å². The third kappa shape index (κ3) is 4.69. The number of anilines is 1. The van der Waals surface area contributed by atoms with Crippen molar-refractivity contribution in [1.82, 2.24) is 5.32 Å². The molecule has 7 nitrogen and oxygen atoms in total. The average Bonchev–Trinajstić information content (AvgIpc) is 2.64. The number of hydrogen-bond acceptors (Lipinski definition) is 5. The highest BCUT2D eigenvalue weighted by molar-refractivity contribution is 7.92. The van der Waals surface area contributed by atoms with Gasteiger partial charge in [-0.3, -0.25) is 9.10 Å². The molecular weight excluding hydrogens is 394 g/mol. The van der Waals surface area contributed by atoms with Crippen LogP contribution in [0.25, 0.3) is 0 Å². The molecule has 0 spiro atoms. The number of ether oxygens (including phenoxy) is 2. The molecule has 0 saturated heterocycles. The summed E-state index contributed by atoms with van der Waals surface area (Å²) in [6.07, 6.45) is 0.367. The third-order valence-electron chi connectivity index (χ3n) is 3.96. The fourth-order valence-electron chi connectivity index (χ4n) is 2.64. The lowest BCUT2D eigenvalue weighted by Gasteiger charge is -2.27. The van der Waals surface area contributed by atoms with Gasteiger partial charge in [-0.25, -0.2) is 17.2 Å². The Labute approximate surface area is 160 Å². The highest BCUT2D eigenvalue weighted by atomic mass is 32.2. The van der Waals surface area contributed by atoms with E-state index in [9.17, 15) is 22.0 Å². The number of hydrogen-bond donors (Lipinski definition) is 1. The number of amides is 1. The Morgan fingerprint density at radius 3 is 2.61 bits per heavy atom. The summed E-state index contributed by atoms with van der Waals surface area (Å²) < 4.78 is 62.9. The van der Waals surface area contributed by atoms with Gasteiger partial charge in [0.15, 0.2) is 11.5 Å². The van der Waals surface area contributed by atoms with Gasteiger partial charge in [0.1, 0.15) is 30.9 Å². The summed E-state index contributed by atoms with van der Waals surface area (Å²) in [5, 5.41) is 2.54. The second-order valence-electron chi connectivity index (χ2n) is 6.17.